The number of nitrogens with one attached hydrogen (secondary N) is 3. The summed E-state index contributed by atoms with van der Waals surface area (Å²) in [7, 11) is 1.57. The van der Waals surface area contributed by atoms with Crippen molar-refractivity contribution in [1.82, 2.24) is 20.3 Å². The molecular formula is C24H32N6O3. The molecule has 1 aliphatic carbocycles. The smallest absolute Gasteiger partial charge is 0.407 e. The first-order chi connectivity index (χ1) is 15.8. The minimum absolute atomic E-state index is 0.0945. The number of carbonyl (C=O) groups excluding carboxylic acids is 1. The van der Waals surface area contributed by atoms with Gasteiger partial charge in [0.15, 0.2) is 0 Å². The molecule has 3 rings (SSSR count). The van der Waals surface area contributed by atoms with Crippen molar-refractivity contribution in [3.63, 3.8) is 0 Å². The summed E-state index contributed by atoms with van der Waals surface area (Å²) in [6.07, 6.45) is 5.55. The summed E-state index contributed by atoms with van der Waals surface area (Å²) < 4.78 is 10.5. The number of anilines is 3. The monoisotopic (exact) mass is 452 g/mol. The van der Waals surface area contributed by atoms with Crippen LogP contribution in [-0.2, 0) is 4.74 Å². The summed E-state index contributed by atoms with van der Waals surface area (Å²) in [4.78, 5) is 25.0. The van der Waals surface area contributed by atoms with Crippen molar-refractivity contribution < 1.29 is 14.3 Å². The molecule has 1 aliphatic rings. The maximum atomic E-state index is 11.9. The molecule has 176 valence electrons. The molecule has 2 aromatic rings. The van der Waals surface area contributed by atoms with Crippen LogP contribution in [0.4, 0.5) is 22.2 Å². The highest BCUT2D eigenvalue weighted by molar-refractivity contribution is 5.68. The molecule has 0 aromatic carbocycles. The van der Waals surface area contributed by atoms with Gasteiger partial charge in [0.1, 0.15) is 11.4 Å². The predicted molar refractivity (Wildman–Crippen MR) is 128 cm³/mol. The Hall–Kier alpha value is -3.54. The molecule has 9 heteroatoms. The van der Waals surface area contributed by atoms with Gasteiger partial charge in [0.2, 0.25) is 11.8 Å². The third kappa shape index (κ3) is 7.52. The van der Waals surface area contributed by atoms with Crippen LogP contribution in [0.5, 0.6) is 5.88 Å². The van der Waals surface area contributed by atoms with E-state index < -0.39 is 5.60 Å². The normalized spacial score (nSPS) is 17.1. The third-order valence-corrected chi connectivity index (χ3v) is 4.80. The van der Waals surface area contributed by atoms with E-state index in [1.54, 1.807) is 25.6 Å². The standard InChI is InChI=1S/C24H32N6O3/c1-6-10-26-21-17(8-7-16-12-19(13-16)29-23(31)33-24(2,3)4)15-27-22(30-21)28-18-9-11-25-20(14-18)32-5/h9,11,14-16,19H,6,10,12-13H2,1-5H3,(H,29,31)(H2,25,26,27,28,30)/t16-,19+. The molecule has 9 nitrogen and oxygen atoms in total. The molecule has 0 radical (unpaired) electrons. The van der Waals surface area contributed by atoms with Gasteiger partial charge in [-0.15, -0.1) is 0 Å². The fourth-order valence-corrected chi connectivity index (χ4v) is 3.15. The van der Waals surface area contributed by atoms with Crippen molar-refractivity contribution in [1.29, 1.82) is 0 Å². The highest BCUT2D eigenvalue weighted by Gasteiger charge is 2.30. The van der Waals surface area contributed by atoms with Crippen LogP contribution in [0.15, 0.2) is 24.5 Å². The van der Waals surface area contributed by atoms with E-state index in [4.69, 9.17) is 9.47 Å². The molecule has 0 spiro atoms. The number of aromatic nitrogens is 3. The summed E-state index contributed by atoms with van der Waals surface area (Å²) in [5.74, 6) is 8.35. The first-order valence-electron chi connectivity index (χ1n) is 11.1. The van der Waals surface area contributed by atoms with Gasteiger partial charge < -0.3 is 25.4 Å². The Morgan fingerprint density at radius 3 is 2.76 bits per heavy atom. The second-order valence-electron chi connectivity index (χ2n) is 8.88. The van der Waals surface area contributed by atoms with E-state index in [9.17, 15) is 4.79 Å². The molecule has 0 aliphatic heterocycles. The number of nitrogens with zero attached hydrogens (tertiary/aromatic N) is 3. The van der Waals surface area contributed by atoms with Crippen molar-refractivity contribution >= 4 is 23.5 Å². The summed E-state index contributed by atoms with van der Waals surface area (Å²) >= 11 is 0. The van der Waals surface area contributed by atoms with E-state index in [-0.39, 0.29) is 18.1 Å². The van der Waals surface area contributed by atoms with Crippen LogP contribution in [0.25, 0.3) is 0 Å². The number of rotatable bonds is 7. The van der Waals surface area contributed by atoms with Gasteiger partial charge in [0.25, 0.3) is 0 Å². The summed E-state index contributed by atoms with van der Waals surface area (Å²) in [6.45, 7) is 8.42. The van der Waals surface area contributed by atoms with Gasteiger partial charge in [-0.2, -0.15) is 4.98 Å². The number of alkyl carbamates (subject to hydrolysis) is 1. The lowest BCUT2D eigenvalue weighted by atomic mass is 9.81. The number of hydrogen-bond donors (Lipinski definition) is 3. The van der Waals surface area contributed by atoms with Crippen LogP contribution >= 0.6 is 0 Å². The second kappa shape index (κ2) is 10.9. The van der Waals surface area contributed by atoms with Crippen LogP contribution in [0.3, 0.4) is 0 Å². The molecule has 0 saturated heterocycles. The fourth-order valence-electron chi connectivity index (χ4n) is 3.15. The van der Waals surface area contributed by atoms with Crippen LogP contribution in [-0.4, -0.2) is 46.3 Å². The van der Waals surface area contributed by atoms with Crippen LogP contribution < -0.4 is 20.7 Å². The Labute approximate surface area is 195 Å². The van der Waals surface area contributed by atoms with Gasteiger partial charge in [0.05, 0.1) is 18.9 Å². The summed E-state index contributed by atoms with van der Waals surface area (Å²) in [5.41, 5.74) is 1.02. The van der Waals surface area contributed by atoms with Crippen molar-refractivity contribution in [2.24, 2.45) is 5.92 Å². The molecule has 0 bridgehead atoms. The third-order valence-electron chi connectivity index (χ3n) is 4.80. The minimum Gasteiger partial charge on any atom is -0.481 e. The maximum Gasteiger partial charge on any atom is 0.407 e. The van der Waals surface area contributed by atoms with Crippen molar-refractivity contribution in [3.8, 4) is 17.7 Å². The summed E-state index contributed by atoms with van der Waals surface area (Å²) in [6, 6.07) is 3.68. The lowest BCUT2D eigenvalue weighted by Crippen LogP contribution is -2.45. The van der Waals surface area contributed by atoms with Crippen LogP contribution in [0, 0.1) is 17.8 Å². The Kier molecular flexibility index (Phi) is 7.93. The zero-order chi connectivity index (χ0) is 23.8. The van der Waals surface area contributed by atoms with Crippen LogP contribution in [0.1, 0.15) is 52.5 Å². The quantitative estimate of drug-likeness (QED) is 0.539. The molecule has 0 unspecified atom stereocenters. The van der Waals surface area contributed by atoms with Crippen LogP contribution in [0.2, 0.25) is 0 Å². The van der Waals surface area contributed by atoms with Gasteiger partial charge in [-0.3, -0.25) is 0 Å². The number of ether oxygens (including phenoxy) is 2. The number of pyridine rings is 1. The molecule has 1 amide bonds. The average molecular weight is 453 g/mol. The molecule has 33 heavy (non-hydrogen) atoms. The molecule has 0 atom stereocenters. The molecule has 3 N–H and O–H groups in total. The largest absolute Gasteiger partial charge is 0.481 e. The Bertz CT molecular complexity index is 1020. The zero-order valence-corrected chi connectivity index (χ0v) is 19.9. The number of amides is 1. The number of hydrogen-bond acceptors (Lipinski definition) is 8. The minimum atomic E-state index is -0.501. The first kappa shape index (κ1) is 24.1. The van der Waals surface area contributed by atoms with E-state index >= 15 is 0 Å². The lowest BCUT2D eigenvalue weighted by Gasteiger charge is -2.33. The number of carbonyl (C=O) groups is 1. The van der Waals surface area contributed by atoms with E-state index in [0.717, 1.165) is 37.1 Å². The van der Waals surface area contributed by atoms with Gasteiger partial charge in [-0.1, -0.05) is 18.8 Å². The molecule has 2 aromatic heterocycles. The number of methoxy groups -OCH3 is 1. The highest BCUT2D eigenvalue weighted by atomic mass is 16.6. The van der Waals surface area contributed by atoms with E-state index in [0.29, 0.717) is 17.6 Å². The van der Waals surface area contributed by atoms with Gasteiger partial charge in [-0.05, 0) is 46.1 Å². The molecule has 1 fully saturated rings. The topological polar surface area (TPSA) is 110 Å². The lowest BCUT2D eigenvalue weighted by molar-refractivity contribution is 0.0467. The van der Waals surface area contributed by atoms with Gasteiger partial charge >= 0.3 is 6.09 Å². The molecule has 2 heterocycles. The Balaban J connectivity index is 1.62. The van der Waals surface area contributed by atoms with E-state index in [1.807, 2.05) is 26.8 Å². The second-order valence-corrected chi connectivity index (χ2v) is 8.88. The predicted octanol–water partition coefficient (Wildman–Crippen LogP) is 4.10. The fraction of sp³-hybridized carbons (Fsp3) is 0.500. The van der Waals surface area contributed by atoms with Gasteiger partial charge in [0, 0.05) is 36.5 Å². The molecule has 1 saturated carbocycles. The zero-order valence-electron chi connectivity index (χ0n) is 19.9. The van der Waals surface area contributed by atoms with Crippen molar-refractivity contribution in [2.45, 2.75) is 58.6 Å². The van der Waals surface area contributed by atoms with Crippen molar-refractivity contribution in [2.75, 3.05) is 24.3 Å². The Morgan fingerprint density at radius 2 is 2.06 bits per heavy atom. The maximum absolute atomic E-state index is 11.9. The van der Waals surface area contributed by atoms with Gasteiger partial charge in [-0.25, -0.2) is 14.8 Å². The molecular weight excluding hydrogens is 420 g/mol. The highest BCUT2D eigenvalue weighted by Crippen LogP contribution is 2.27. The SMILES string of the molecule is CCCNc1nc(Nc2ccnc(OC)c2)ncc1C#C[C@H]1C[C@@H](NC(=O)OC(C)(C)C)C1. The Morgan fingerprint density at radius 1 is 1.27 bits per heavy atom. The van der Waals surface area contributed by atoms with E-state index in [2.05, 4.69) is 49.7 Å². The van der Waals surface area contributed by atoms with E-state index in [1.165, 1.54) is 0 Å². The van der Waals surface area contributed by atoms with Crippen molar-refractivity contribution in [3.05, 3.63) is 30.1 Å². The average Bonchev–Trinajstić information content (AvgIpc) is 2.73. The summed E-state index contributed by atoms with van der Waals surface area (Å²) in [5, 5.41) is 9.38. The first-order valence-corrected chi connectivity index (χ1v) is 11.1.